The molecule has 0 radical (unpaired) electrons. The second-order valence-electron chi connectivity index (χ2n) is 6.08. The zero-order valence-electron chi connectivity index (χ0n) is 11.3. The van der Waals surface area contributed by atoms with Gasteiger partial charge in [0.05, 0.1) is 0 Å². The molecule has 1 amide bonds. The van der Waals surface area contributed by atoms with Crippen LogP contribution in [0.2, 0.25) is 0 Å². The van der Waals surface area contributed by atoms with Gasteiger partial charge in [-0.25, -0.2) is 4.79 Å². The van der Waals surface area contributed by atoms with Crippen LogP contribution in [-0.4, -0.2) is 12.1 Å². The highest BCUT2D eigenvalue weighted by molar-refractivity contribution is 5.70. The Labute approximate surface area is 109 Å². The van der Waals surface area contributed by atoms with Crippen LogP contribution < -0.4 is 10.1 Å². The van der Waals surface area contributed by atoms with Crippen molar-refractivity contribution in [1.82, 2.24) is 5.32 Å². The Morgan fingerprint density at radius 3 is 2.39 bits per heavy atom. The summed E-state index contributed by atoms with van der Waals surface area (Å²) < 4.78 is 5.19. The first-order valence-corrected chi connectivity index (χ1v) is 6.48. The van der Waals surface area contributed by atoms with E-state index in [0.29, 0.717) is 17.1 Å². The minimum atomic E-state index is -0.349. The van der Waals surface area contributed by atoms with Crippen LogP contribution in [0.1, 0.15) is 33.6 Å². The molecule has 1 aromatic carbocycles. The number of carbonyl (C=O) groups excluding carboxylic acids is 1. The van der Waals surface area contributed by atoms with Gasteiger partial charge >= 0.3 is 6.09 Å². The molecule has 0 aromatic heterocycles. The molecule has 0 atom stereocenters. The number of rotatable bonds is 2. The molecule has 1 aliphatic rings. The Kier molecular flexibility index (Phi) is 3.60. The number of hydrogen-bond donors (Lipinski definition) is 1. The van der Waals surface area contributed by atoms with Crippen molar-refractivity contribution in [1.29, 1.82) is 0 Å². The van der Waals surface area contributed by atoms with E-state index in [2.05, 4.69) is 26.1 Å². The zero-order chi connectivity index (χ0) is 13.2. The number of carbonyl (C=O) groups is 1. The van der Waals surface area contributed by atoms with Gasteiger partial charge in [-0.2, -0.15) is 0 Å². The molecule has 2 rings (SSSR count). The number of para-hydroxylation sites is 1. The topological polar surface area (TPSA) is 38.3 Å². The first-order valence-electron chi connectivity index (χ1n) is 6.48. The summed E-state index contributed by atoms with van der Waals surface area (Å²) in [5.41, 5.74) is 0.335. The van der Waals surface area contributed by atoms with Crippen molar-refractivity contribution < 1.29 is 9.53 Å². The van der Waals surface area contributed by atoms with Crippen molar-refractivity contribution in [3.63, 3.8) is 0 Å². The smallest absolute Gasteiger partial charge is 0.410 e. The van der Waals surface area contributed by atoms with Gasteiger partial charge in [0, 0.05) is 6.04 Å². The Morgan fingerprint density at radius 1 is 1.22 bits per heavy atom. The number of nitrogens with one attached hydrogen (secondary N) is 1. The molecule has 0 heterocycles. The van der Waals surface area contributed by atoms with Gasteiger partial charge in [0.1, 0.15) is 5.75 Å². The van der Waals surface area contributed by atoms with E-state index in [1.807, 2.05) is 18.2 Å². The lowest BCUT2D eigenvalue weighted by molar-refractivity contribution is 0.0963. The quantitative estimate of drug-likeness (QED) is 0.867. The standard InChI is InChI=1S/C15H21NO2/c1-15(2,3)11-9-12(10-11)16-14(17)18-13-7-5-4-6-8-13/h4-8,11-12H,9-10H2,1-3H3,(H,16,17). The Balaban J connectivity index is 1.74. The highest BCUT2D eigenvalue weighted by Crippen LogP contribution is 2.41. The maximum Gasteiger partial charge on any atom is 0.412 e. The van der Waals surface area contributed by atoms with Crippen LogP contribution in [0.4, 0.5) is 4.79 Å². The van der Waals surface area contributed by atoms with Crippen molar-refractivity contribution in [2.24, 2.45) is 11.3 Å². The predicted octanol–water partition coefficient (Wildman–Crippen LogP) is 3.60. The van der Waals surface area contributed by atoms with Gasteiger partial charge in [0.25, 0.3) is 0 Å². The highest BCUT2D eigenvalue weighted by atomic mass is 16.6. The lowest BCUT2D eigenvalue weighted by Crippen LogP contribution is -2.48. The average molecular weight is 247 g/mol. The number of amides is 1. The summed E-state index contributed by atoms with van der Waals surface area (Å²) in [7, 11) is 0. The van der Waals surface area contributed by atoms with E-state index in [4.69, 9.17) is 4.74 Å². The summed E-state index contributed by atoms with van der Waals surface area (Å²) in [4.78, 5) is 11.6. The molecule has 1 saturated carbocycles. The van der Waals surface area contributed by atoms with Gasteiger partial charge in [-0.15, -0.1) is 0 Å². The van der Waals surface area contributed by atoms with E-state index >= 15 is 0 Å². The van der Waals surface area contributed by atoms with E-state index < -0.39 is 0 Å². The van der Waals surface area contributed by atoms with Crippen LogP contribution in [0.15, 0.2) is 30.3 Å². The van der Waals surface area contributed by atoms with E-state index in [9.17, 15) is 4.79 Å². The van der Waals surface area contributed by atoms with Gasteiger partial charge in [0.15, 0.2) is 0 Å². The molecule has 98 valence electrons. The number of hydrogen-bond acceptors (Lipinski definition) is 2. The van der Waals surface area contributed by atoms with Crippen molar-refractivity contribution in [2.45, 2.75) is 39.7 Å². The fraction of sp³-hybridized carbons (Fsp3) is 0.533. The maximum absolute atomic E-state index is 11.6. The third-order valence-electron chi connectivity index (χ3n) is 3.64. The number of benzene rings is 1. The summed E-state index contributed by atoms with van der Waals surface area (Å²) in [6.07, 6.45) is 1.75. The molecule has 1 fully saturated rings. The molecule has 0 spiro atoms. The fourth-order valence-corrected chi connectivity index (χ4v) is 2.23. The monoisotopic (exact) mass is 247 g/mol. The first kappa shape index (κ1) is 12.9. The molecule has 3 heteroatoms. The van der Waals surface area contributed by atoms with Crippen LogP contribution in [-0.2, 0) is 0 Å². The van der Waals surface area contributed by atoms with Crippen LogP contribution in [0.5, 0.6) is 5.75 Å². The van der Waals surface area contributed by atoms with Crippen LogP contribution in [0.3, 0.4) is 0 Å². The molecule has 1 aromatic rings. The van der Waals surface area contributed by atoms with Crippen LogP contribution in [0, 0.1) is 11.3 Å². The normalized spacial score (nSPS) is 23.1. The van der Waals surface area contributed by atoms with Gasteiger partial charge in [-0.3, -0.25) is 0 Å². The first-order chi connectivity index (χ1) is 8.45. The molecule has 3 nitrogen and oxygen atoms in total. The summed E-state index contributed by atoms with van der Waals surface area (Å²) >= 11 is 0. The third-order valence-corrected chi connectivity index (χ3v) is 3.64. The zero-order valence-corrected chi connectivity index (χ0v) is 11.3. The summed E-state index contributed by atoms with van der Waals surface area (Å²) in [6.45, 7) is 6.74. The van der Waals surface area contributed by atoms with Gasteiger partial charge < -0.3 is 10.1 Å². The van der Waals surface area contributed by atoms with E-state index in [1.54, 1.807) is 12.1 Å². The molecule has 0 saturated heterocycles. The minimum Gasteiger partial charge on any atom is -0.410 e. The molecule has 18 heavy (non-hydrogen) atoms. The average Bonchev–Trinajstić information content (AvgIpc) is 2.22. The van der Waals surface area contributed by atoms with Crippen molar-refractivity contribution in [2.75, 3.05) is 0 Å². The van der Waals surface area contributed by atoms with Gasteiger partial charge in [-0.1, -0.05) is 39.0 Å². The van der Waals surface area contributed by atoms with Gasteiger partial charge in [-0.05, 0) is 36.3 Å². The van der Waals surface area contributed by atoms with Crippen LogP contribution >= 0.6 is 0 Å². The molecule has 0 unspecified atom stereocenters. The molecule has 1 N–H and O–H groups in total. The maximum atomic E-state index is 11.6. The van der Waals surface area contributed by atoms with Crippen molar-refractivity contribution in [3.8, 4) is 5.75 Å². The van der Waals surface area contributed by atoms with Gasteiger partial charge in [0.2, 0.25) is 0 Å². The molecular formula is C15H21NO2. The van der Waals surface area contributed by atoms with E-state index in [-0.39, 0.29) is 12.1 Å². The fourth-order valence-electron chi connectivity index (χ4n) is 2.23. The Bertz CT molecular complexity index is 402. The molecule has 0 bridgehead atoms. The SMILES string of the molecule is CC(C)(C)C1CC(NC(=O)Oc2ccccc2)C1. The third kappa shape index (κ3) is 3.25. The lowest BCUT2D eigenvalue weighted by Gasteiger charge is -2.43. The molecule has 0 aliphatic heterocycles. The summed E-state index contributed by atoms with van der Waals surface area (Å²) in [6, 6.07) is 9.41. The molecular weight excluding hydrogens is 226 g/mol. The lowest BCUT2D eigenvalue weighted by atomic mass is 9.66. The Morgan fingerprint density at radius 2 is 1.83 bits per heavy atom. The summed E-state index contributed by atoms with van der Waals surface area (Å²) in [5.74, 6) is 1.28. The highest BCUT2D eigenvalue weighted by Gasteiger charge is 2.37. The van der Waals surface area contributed by atoms with Crippen molar-refractivity contribution in [3.05, 3.63) is 30.3 Å². The second kappa shape index (κ2) is 5.01. The Hall–Kier alpha value is -1.51. The molecule has 1 aliphatic carbocycles. The van der Waals surface area contributed by atoms with Crippen molar-refractivity contribution >= 4 is 6.09 Å². The number of ether oxygens (including phenoxy) is 1. The van der Waals surface area contributed by atoms with Crippen LogP contribution in [0.25, 0.3) is 0 Å². The van der Waals surface area contributed by atoms with E-state index in [1.165, 1.54) is 0 Å². The second-order valence-corrected chi connectivity index (χ2v) is 6.08. The predicted molar refractivity (Wildman–Crippen MR) is 71.6 cm³/mol. The van der Waals surface area contributed by atoms with E-state index in [0.717, 1.165) is 12.8 Å². The summed E-state index contributed by atoms with van der Waals surface area (Å²) in [5, 5.41) is 2.91. The minimum absolute atomic E-state index is 0.269. The largest absolute Gasteiger partial charge is 0.412 e.